The number of aromatic amines is 1. The first-order valence-electron chi connectivity index (χ1n) is 10.5. The van der Waals surface area contributed by atoms with E-state index in [0.29, 0.717) is 32.2 Å². The fraction of sp³-hybridized carbons (Fsp3) is 0.438. The second-order valence-electron chi connectivity index (χ2n) is 4.94. The third-order valence-electron chi connectivity index (χ3n) is 3.29. The Bertz CT molecular complexity index is 944. The number of amides is 1. The van der Waals surface area contributed by atoms with Crippen molar-refractivity contribution in [2.45, 2.75) is 18.9 Å². The van der Waals surface area contributed by atoms with Gasteiger partial charge in [-0.15, -0.1) is 0 Å². The maximum Gasteiger partial charge on any atom is 0.407 e. The van der Waals surface area contributed by atoms with Crippen molar-refractivity contribution in [2.24, 2.45) is 0 Å². The maximum atomic E-state index is 11.4. The Morgan fingerprint density at radius 2 is 2.57 bits per heavy atom. The number of likely N-dealkylation sites (N-methyl/N-ethyl adjacent to an activating group) is 1. The van der Waals surface area contributed by atoms with Gasteiger partial charge in [0.15, 0.2) is 2.82 Å². The minimum absolute atomic E-state index is 0.0167. The van der Waals surface area contributed by atoms with E-state index in [1.165, 1.54) is 13.2 Å². The summed E-state index contributed by atoms with van der Waals surface area (Å²) in [5.74, 6) is 0. The molecule has 0 radical (unpaired) electrons. The monoisotopic (exact) mass is 295 g/mol. The van der Waals surface area contributed by atoms with E-state index in [1.54, 1.807) is 18.2 Å². The standard InChI is InChI=1S/C16H21N3O2/c1-19(2)6-5-12-9-17-15-4-3-11(8-14(12)15)7-13-10-21-16(20)18-13/h3-4,8-9,13,17H,5-7,10H2,1-2H3,(H,18,20)/t13-/m0/s1/i1D3,6D2,13D/hD2. The van der Waals surface area contributed by atoms with Gasteiger partial charge in [0.25, 0.3) is 0 Å². The molecule has 1 saturated heterocycles. The topological polar surface area (TPSA) is 57.4 Å². The molecule has 3 rings (SSSR count). The summed E-state index contributed by atoms with van der Waals surface area (Å²) in [6, 6.07) is 3.41. The second-order valence-corrected chi connectivity index (χ2v) is 4.94. The number of rotatable bonds is 5. The molecule has 2 aromatic rings. The van der Waals surface area contributed by atoms with E-state index in [1.807, 2.05) is 0 Å². The number of aromatic nitrogens is 1. The molecule has 0 unspecified atom stereocenters. The van der Waals surface area contributed by atoms with Crippen molar-refractivity contribution in [1.82, 2.24) is 15.2 Å². The molecular formula is C16H21N3O2. The first kappa shape index (κ1) is 7.31. The molecule has 0 spiro atoms. The summed E-state index contributed by atoms with van der Waals surface area (Å²) in [6.07, 6.45) is 0.295. The highest BCUT2D eigenvalue weighted by Gasteiger charge is 2.22. The van der Waals surface area contributed by atoms with E-state index >= 15 is 0 Å². The summed E-state index contributed by atoms with van der Waals surface area (Å²) in [5.41, 5.74) is 1.55. The lowest BCUT2D eigenvalue weighted by Crippen LogP contribution is -2.28. The summed E-state index contributed by atoms with van der Waals surface area (Å²) < 4.78 is 67.5. The maximum absolute atomic E-state index is 11.4. The van der Waals surface area contributed by atoms with Crippen LogP contribution in [0.15, 0.2) is 24.4 Å². The molecule has 1 aromatic heterocycles. The molecule has 1 fully saturated rings. The Morgan fingerprint density at radius 3 is 3.33 bits per heavy atom. The molecule has 2 N–H and O–H groups in total. The molecule has 2 heterocycles. The lowest BCUT2D eigenvalue weighted by molar-refractivity contribution is 0.177. The Balaban J connectivity index is 1.94. The van der Waals surface area contributed by atoms with Crippen molar-refractivity contribution < 1.29 is 20.6 Å². The number of H-pyrrole nitrogens is 1. The van der Waals surface area contributed by atoms with Crippen molar-refractivity contribution in [3.05, 3.63) is 35.5 Å². The number of cyclic esters (lactones) is 1. The smallest absolute Gasteiger partial charge is 0.407 e. The van der Waals surface area contributed by atoms with Crippen molar-refractivity contribution in [3.8, 4) is 0 Å². The van der Waals surface area contributed by atoms with Gasteiger partial charge in [-0.2, -0.15) is 0 Å². The lowest BCUT2D eigenvalue weighted by Gasteiger charge is -2.09. The Labute approximate surface area is 135 Å². The minimum Gasteiger partial charge on any atom is -0.447 e. The van der Waals surface area contributed by atoms with E-state index in [2.05, 4.69) is 0 Å². The van der Waals surface area contributed by atoms with Gasteiger partial charge in [-0.25, -0.2) is 4.79 Å². The SMILES string of the molecule is [2H]N1C(=O)OC[C@]1([2H])Cc1ccc2c(c1)c(CC([2H])([2H])N(C)C([2H])([2H])[2H])cn2[2H]. The molecule has 21 heavy (non-hydrogen) atoms. The second kappa shape index (κ2) is 5.77. The number of ether oxygens (including phenoxy) is 1. The van der Waals surface area contributed by atoms with Crippen molar-refractivity contribution in [3.63, 3.8) is 0 Å². The third-order valence-corrected chi connectivity index (χ3v) is 3.29. The highest BCUT2D eigenvalue weighted by molar-refractivity contribution is 5.84. The van der Waals surface area contributed by atoms with Crippen LogP contribution in [0.25, 0.3) is 10.9 Å². The van der Waals surface area contributed by atoms with Gasteiger partial charge in [-0.3, -0.25) is 0 Å². The molecule has 5 nitrogen and oxygen atoms in total. The highest BCUT2D eigenvalue weighted by Crippen LogP contribution is 2.21. The molecule has 1 aliphatic rings. The summed E-state index contributed by atoms with van der Waals surface area (Å²) in [5, 5.41) is 1.03. The van der Waals surface area contributed by atoms with E-state index in [4.69, 9.17) is 15.8 Å². The number of carbonyl (C=O) groups is 1. The number of hydrogen-bond donors (Lipinski definition) is 2. The number of alkyl carbamates (subject to hydrolysis) is 1. The first-order chi connectivity index (χ1) is 13.2. The summed E-state index contributed by atoms with van der Waals surface area (Å²) in [4.78, 5) is 13.2. The largest absolute Gasteiger partial charge is 0.447 e. The van der Waals surface area contributed by atoms with Crippen LogP contribution in [0.5, 0.6) is 0 Å². The Hall–Kier alpha value is -2.01. The predicted molar refractivity (Wildman–Crippen MR) is 82.5 cm³/mol. The van der Waals surface area contributed by atoms with Crippen LogP contribution < -0.4 is 5.31 Å². The van der Waals surface area contributed by atoms with Crippen molar-refractivity contribution in [1.29, 1.82) is 0 Å². The summed E-state index contributed by atoms with van der Waals surface area (Å²) in [7, 11) is 1.18. The molecule has 5 heteroatoms. The molecule has 1 amide bonds. The zero-order valence-electron chi connectivity index (χ0n) is 19.6. The lowest BCUT2D eigenvalue weighted by atomic mass is 10.0. The minimum atomic E-state index is -2.61. The van der Waals surface area contributed by atoms with Gasteiger partial charge in [-0.05, 0) is 50.1 Å². The van der Waals surface area contributed by atoms with E-state index in [0.717, 1.165) is 4.98 Å². The Kier molecular flexibility index (Phi) is 2.01. The summed E-state index contributed by atoms with van der Waals surface area (Å²) in [6.45, 7) is -5.04. The van der Waals surface area contributed by atoms with Crippen LogP contribution in [0.2, 0.25) is 2.82 Å². The van der Waals surface area contributed by atoms with Crippen LogP contribution in [0, 0.1) is 0 Å². The number of nitrogens with one attached hydrogen (secondary N) is 2. The van der Waals surface area contributed by atoms with Gasteiger partial charge in [0.2, 0.25) is 0 Å². The number of aryl methyl sites for hydroxylation is 1. The predicted octanol–water partition coefficient (Wildman–Crippen LogP) is 1.92. The molecule has 0 aliphatic carbocycles. The van der Waals surface area contributed by atoms with Crippen LogP contribution in [-0.4, -0.2) is 49.1 Å². The van der Waals surface area contributed by atoms with Gasteiger partial charge in [0.05, 0.1) is 7.39 Å². The van der Waals surface area contributed by atoms with Crippen LogP contribution in [-0.2, 0) is 17.6 Å². The fourth-order valence-corrected chi connectivity index (χ4v) is 2.29. The van der Waals surface area contributed by atoms with Crippen LogP contribution in [0.3, 0.4) is 0 Å². The van der Waals surface area contributed by atoms with Gasteiger partial charge in [-0.1, -0.05) is 6.07 Å². The normalized spacial score (nSPS) is 29.0. The van der Waals surface area contributed by atoms with Crippen LogP contribution in [0.4, 0.5) is 4.79 Å². The molecule has 1 aliphatic heterocycles. The van der Waals surface area contributed by atoms with Gasteiger partial charge in [0, 0.05) is 30.5 Å². The number of carbonyl (C=O) groups excluding carboxylic acids is 1. The highest BCUT2D eigenvalue weighted by atomic mass is 16.6. The zero-order valence-corrected chi connectivity index (χ0v) is 11.6. The fourth-order valence-electron chi connectivity index (χ4n) is 2.29. The van der Waals surface area contributed by atoms with E-state index in [9.17, 15) is 4.79 Å². The quantitative estimate of drug-likeness (QED) is 0.886. The average Bonchev–Trinajstić information content (AvgIpc) is 3.04. The summed E-state index contributed by atoms with van der Waals surface area (Å²) >= 11 is 0. The molecule has 0 bridgehead atoms. The van der Waals surface area contributed by atoms with Crippen LogP contribution in [0.1, 0.15) is 19.4 Å². The number of hydrogen-bond acceptors (Lipinski definition) is 3. The van der Waals surface area contributed by atoms with Crippen LogP contribution >= 0.6 is 0 Å². The van der Waals surface area contributed by atoms with Gasteiger partial charge in [0.1, 0.15) is 6.61 Å². The zero-order chi connectivity index (χ0) is 21.8. The van der Waals surface area contributed by atoms with Crippen molar-refractivity contribution >= 4 is 17.0 Å². The molecule has 1 aromatic carbocycles. The van der Waals surface area contributed by atoms with Crippen molar-refractivity contribution in [2.75, 3.05) is 27.1 Å². The third kappa shape index (κ3) is 3.19. The van der Waals surface area contributed by atoms with Gasteiger partial charge < -0.3 is 19.9 Å². The average molecular weight is 295 g/mol. The number of nitrogens with zero attached hydrogens (tertiary/aromatic N) is 1. The number of fused-ring (bicyclic) bond motifs is 1. The molecule has 0 saturated carbocycles. The van der Waals surface area contributed by atoms with E-state index in [-0.39, 0.29) is 19.4 Å². The molecular weight excluding hydrogens is 266 g/mol. The molecule has 1 atom stereocenters. The van der Waals surface area contributed by atoms with E-state index < -0.39 is 25.6 Å². The number of benzene rings is 1. The first-order valence-corrected chi connectivity index (χ1v) is 6.56. The van der Waals surface area contributed by atoms with Gasteiger partial charge >= 0.3 is 6.09 Å². The molecule has 112 valence electrons. The Morgan fingerprint density at radius 1 is 1.67 bits per heavy atom.